The van der Waals surface area contributed by atoms with Gasteiger partial charge in [0.05, 0.1) is 11.4 Å². The summed E-state index contributed by atoms with van der Waals surface area (Å²) in [6.45, 7) is -0.304. The molecule has 2 rings (SSSR count). The number of rotatable bonds is 6. The van der Waals surface area contributed by atoms with Crippen LogP contribution >= 0.6 is 11.6 Å². The highest BCUT2D eigenvalue weighted by atomic mass is 35.5. The third-order valence-electron chi connectivity index (χ3n) is 2.88. The molecule has 0 spiro atoms. The van der Waals surface area contributed by atoms with Gasteiger partial charge in [0.25, 0.3) is 5.91 Å². The van der Waals surface area contributed by atoms with Crippen molar-refractivity contribution < 1.29 is 13.9 Å². The van der Waals surface area contributed by atoms with Crippen molar-refractivity contribution in [3.05, 3.63) is 53.3 Å². The topological polar surface area (TPSA) is 106 Å². The molecule has 0 aromatic heterocycles. The van der Waals surface area contributed by atoms with Crippen molar-refractivity contribution >= 4 is 35.2 Å². The first-order chi connectivity index (χ1) is 11.5. The second kappa shape index (κ2) is 8.14. The van der Waals surface area contributed by atoms with E-state index in [0.717, 1.165) is 6.07 Å². The van der Waals surface area contributed by atoms with Crippen molar-refractivity contribution in [1.29, 1.82) is 0 Å². The quantitative estimate of drug-likeness (QED) is 0.320. The number of nitrogens with zero attached hydrogens (tertiary/aromatic N) is 2. The minimum Gasteiger partial charge on any atom is -0.484 e. The number of ether oxygens (including phenoxy) is 1. The molecule has 9 heteroatoms. The summed E-state index contributed by atoms with van der Waals surface area (Å²) in [5, 5.41) is 7.13. The van der Waals surface area contributed by atoms with Crippen molar-refractivity contribution in [3.8, 4) is 5.75 Å². The van der Waals surface area contributed by atoms with Crippen molar-refractivity contribution in [2.75, 3.05) is 16.9 Å². The summed E-state index contributed by atoms with van der Waals surface area (Å²) in [5.74, 6) is 9.96. The van der Waals surface area contributed by atoms with E-state index in [2.05, 4.69) is 10.4 Å². The predicted octanol–water partition coefficient (Wildman–Crippen LogP) is 2.08. The van der Waals surface area contributed by atoms with Crippen LogP contribution in [-0.4, -0.2) is 18.9 Å². The van der Waals surface area contributed by atoms with Crippen LogP contribution in [0.3, 0.4) is 0 Å². The summed E-state index contributed by atoms with van der Waals surface area (Å²) < 4.78 is 19.0. The molecular formula is C15H15ClFN5O2. The summed E-state index contributed by atoms with van der Waals surface area (Å²) >= 11 is 5.65. The molecule has 126 valence electrons. The Morgan fingerprint density at radius 1 is 1.38 bits per heavy atom. The molecule has 0 unspecified atom stereocenters. The van der Waals surface area contributed by atoms with Gasteiger partial charge in [-0.05, 0) is 30.3 Å². The Bertz CT molecular complexity index is 756. The molecule has 0 saturated heterocycles. The molecule has 0 bridgehead atoms. The molecule has 0 aliphatic heterocycles. The van der Waals surface area contributed by atoms with Crippen LogP contribution in [0.25, 0.3) is 0 Å². The van der Waals surface area contributed by atoms with E-state index >= 15 is 0 Å². The molecule has 0 heterocycles. The third-order valence-corrected chi connectivity index (χ3v) is 3.12. The number of hydrogen-bond donors (Lipinski definition) is 3. The molecule has 24 heavy (non-hydrogen) atoms. The van der Waals surface area contributed by atoms with Crippen LogP contribution in [0.4, 0.5) is 15.8 Å². The maximum Gasteiger partial charge on any atom is 0.262 e. The van der Waals surface area contributed by atoms with Gasteiger partial charge in [0.1, 0.15) is 17.9 Å². The number of anilines is 2. The lowest BCUT2D eigenvalue weighted by molar-refractivity contribution is -0.118. The molecule has 7 nitrogen and oxygen atoms in total. The Labute approximate surface area is 142 Å². The van der Waals surface area contributed by atoms with Crippen LogP contribution in [0.5, 0.6) is 5.75 Å². The van der Waals surface area contributed by atoms with Gasteiger partial charge in [0.15, 0.2) is 6.61 Å². The van der Waals surface area contributed by atoms with Crippen molar-refractivity contribution in [1.82, 2.24) is 0 Å². The molecule has 0 atom stereocenters. The Morgan fingerprint density at radius 3 is 2.88 bits per heavy atom. The van der Waals surface area contributed by atoms with Crippen LogP contribution < -0.4 is 26.7 Å². The minimum absolute atomic E-state index is 0.0223. The highest BCUT2D eigenvalue weighted by Crippen LogP contribution is 2.20. The molecular weight excluding hydrogens is 337 g/mol. The van der Waals surface area contributed by atoms with Crippen molar-refractivity contribution in [3.63, 3.8) is 0 Å². The second-order valence-corrected chi connectivity index (χ2v) is 5.07. The standard InChI is InChI=1S/C15H15ClFN5O2/c16-10-4-5-14(13(17)6-10)21-15(23)8-24-12-3-1-2-11(7-12)22(19)9-20-18/h1-7,9H,8,18-19H2,(H,21,23)/b20-9-. The van der Waals surface area contributed by atoms with Gasteiger partial charge in [-0.3, -0.25) is 9.80 Å². The van der Waals surface area contributed by atoms with Crippen LogP contribution in [0.2, 0.25) is 5.02 Å². The zero-order chi connectivity index (χ0) is 17.5. The fourth-order valence-corrected chi connectivity index (χ4v) is 1.96. The lowest BCUT2D eigenvalue weighted by Crippen LogP contribution is -2.29. The fraction of sp³-hybridized carbons (Fsp3) is 0.0667. The molecule has 2 aromatic carbocycles. The smallest absolute Gasteiger partial charge is 0.262 e. The number of nitrogens with one attached hydrogen (secondary N) is 1. The average Bonchev–Trinajstić information content (AvgIpc) is 2.56. The first-order valence-corrected chi connectivity index (χ1v) is 7.12. The fourth-order valence-electron chi connectivity index (χ4n) is 1.80. The van der Waals surface area contributed by atoms with E-state index in [9.17, 15) is 9.18 Å². The number of carbonyl (C=O) groups excluding carboxylic acids is 1. The Kier molecular flexibility index (Phi) is 5.94. The van der Waals surface area contributed by atoms with Gasteiger partial charge in [-0.15, -0.1) is 0 Å². The zero-order valence-corrected chi connectivity index (χ0v) is 13.2. The van der Waals surface area contributed by atoms with Crippen LogP contribution in [0.15, 0.2) is 47.6 Å². The number of hydrazine groups is 1. The van der Waals surface area contributed by atoms with Crippen molar-refractivity contribution in [2.24, 2.45) is 16.8 Å². The van der Waals surface area contributed by atoms with E-state index in [1.165, 1.54) is 23.5 Å². The SMILES string of the molecule is N/N=C\N(N)c1cccc(OCC(=O)Nc2ccc(Cl)cc2F)c1. The second-order valence-electron chi connectivity index (χ2n) is 4.63. The summed E-state index contributed by atoms with van der Waals surface area (Å²) in [4.78, 5) is 11.8. The molecule has 0 aliphatic rings. The zero-order valence-electron chi connectivity index (χ0n) is 12.4. The molecule has 0 radical (unpaired) electrons. The number of amides is 1. The lowest BCUT2D eigenvalue weighted by Gasteiger charge is -2.14. The van der Waals surface area contributed by atoms with Crippen molar-refractivity contribution in [2.45, 2.75) is 0 Å². The van der Waals surface area contributed by atoms with Gasteiger partial charge in [-0.2, -0.15) is 5.10 Å². The number of halogens is 2. The van der Waals surface area contributed by atoms with E-state index < -0.39 is 11.7 Å². The Balaban J connectivity index is 1.95. The van der Waals surface area contributed by atoms with E-state index in [0.29, 0.717) is 11.4 Å². The molecule has 1 amide bonds. The van der Waals surface area contributed by atoms with E-state index in [-0.39, 0.29) is 17.3 Å². The third kappa shape index (κ3) is 4.83. The number of benzene rings is 2. The number of carbonyl (C=O) groups is 1. The van der Waals surface area contributed by atoms with E-state index in [1.54, 1.807) is 24.3 Å². The average molecular weight is 352 g/mol. The molecule has 0 aliphatic carbocycles. The minimum atomic E-state index is -0.627. The maximum atomic E-state index is 13.6. The first-order valence-electron chi connectivity index (χ1n) is 6.74. The monoisotopic (exact) mass is 351 g/mol. The maximum absolute atomic E-state index is 13.6. The first kappa shape index (κ1) is 17.5. The van der Waals surface area contributed by atoms with Crippen LogP contribution in [-0.2, 0) is 4.79 Å². The van der Waals surface area contributed by atoms with E-state index in [1.807, 2.05) is 0 Å². The van der Waals surface area contributed by atoms with Crippen LogP contribution in [0.1, 0.15) is 0 Å². The largest absolute Gasteiger partial charge is 0.484 e. The number of hydrogen-bond acceptors (Lipinski definition) is 5. The summed E-state index contributed by atoms with van der Waals surface area (Å²) in [7, 11) is 0. The van der Waals surface area contributed by atoms with E-state index in [4.69, 9.17) is 28.0 Å². The summed E-state index contributed by atoms with van der Waals surface area (Å²) in [6, 6.07) is 10.6. The Hall–Kier alpha value is -2.84. The van der Waals surface area contributed by atoms with Gasteiger partial charge in [-0.25, -0.2) is 10.2 Å². The Morgan fingerprint density at radius 2 is 2.17 bits per heavy atom. The summed E-state index contributed by atoms with van der Waals surface area (Å²) in [6.07, 6.45) is 1.22. The van der Waals surface area contributed by atoms with Gasteiger partial charge in [0.2, 0.25) is 0 Å². The molecule has 5 N–H and O–H groups in total. The van der Waals surface area contributed by atoms with Crippen LogP contribution in [0, 0.1) is 5.82 Å². The molecule has 0 saturated carbocycles. The van der Waals surface area contributed by atoms with Gasteiger partial charge < -0.3 is 15.9 Å². The highest BCUT2D eigenvalue weighted by molar-refractivity contribution is 6.30. The normalized spacial score (nSPS) is 10.6. The predicted molar refractivity (Wildman–Crippen MR) is 91.3 cm³/mol. The highest BCUT2D eigenvalue weighted by Gasteiger charge is 2.09. The number of nitrogens with two attached hydrogens (primary N) is 2. The molecule has 2 aromatic rings. The van der Waals surface area contributed by atoms with Gasteiger partial charge in [-0.1, -0.05) is 17.7 Å². The summed E-state index contributed by atoms with van der Waals surface area (Å²) in [5.41, 5.74) is 0.583. The van der Waals surface area contributed by atoms with Gasteiger partial charge >= 0.3 is 0 Å². The van der Waals surface area contributed by atoms with Gasteiger partial charge in [0, 0.05) is 11.1 Å². The lowest BCUT2D eigenvalue weighted by atomic mass is 10.3. The molecule has 0 fully saturated rings. The number of hydrazone groups is 1.